The van der Waals surface area contributed by atoms with Gasteiger partial charge in [0.1, 0.15) is 0 Å². The molecular weight excluding hydrogens is 180 g/mol. The predicted molar refractivity (Wildman–Crippen MR) is 67.5 cm³/mol. The van der Waals surface area contributed by atoms with E-state index in [0.717, 1.165) is 0 Å². The van der Waals surface area contributed by atoms with Gasteiger partial charge in [-0.2, -0.15) is 0 Å². The van der Waals surface area contributed by atoms with Crippen LogP contribution in [0.25, 0.3) is 10.8 Å². The normalized spacial score (nSPS) is 11.3. The summed E-state index contributed by atoms with van der Waals surface area (Å²) >= 11 is 0. The zero-order valence-electron chi connectivity index (χ0n) is 9.96. The number of rotatable bonds is 1. The van der Waals surface area contributed by atoms with E-state index in [1.54, 1.807) is 0 Å². The molecule has 0 heterocycles. The topological polar surface area (TPSA) is 0 Å². The van der Waals surface area contributed by atoms with Crippen LogP contribution in [0.5, 0.6) is 0 Å². The van der Waals surface area contributed by atoms with E-state index in [4.69, 9.17) is 0 Å². The summed E-state index contributed by atoms with van der Waals surface area (Å²) in [7, 11) is 0. The standard InChI is InChI=1S/C15H18/c1-10(2)14-9-8-13-7-5-6-11(3)15(13)12(14)4/h5-10H,1-4H3. The van der Waals surface area contributed by atoms with Gasteiger partial charge in [-0.1, -0.05) is 44.2 Å². The van der Waals surface area contributed by atoms with Crippen molar-refractivity contribution in [3.05, 3.63) is 47.0 Å². The summed E-state index contributed by atoms with van der Waals surface area (Å²) in [6, 6.07) is 11.0. The Balaban J connectivity index is 2.83. The molecule has 78 valence electrons. The highest BCUT2D eigenvalue weighted by Crippen LogP contribution is 2.28. The Morgan fingerprint density at radius 1 is 0.933 bits per heavy atom. The van der Waals surface area contributed by atoms with Gasteiger partial charge in [0.2, 0.25) is 0 Å². The van der Waals surface area contributed by atoms with Crippen LogP contribution in [0.2, 0.25) is 0 Å². The Morgan fingerprint density at radius 3 is 2.33 bits per heavy atom. The fraction of sp³-hybridized carbons (Fsp3) is 0.333. The Kier molecular flexibility index (Phi) is 2.52. The van der Waals surface area contributed by atoms with Crippen LogP contribution in [-0.2, 0) is 0 Å². The molecule has 0 nitrogen and oxygen atoms in total. The highest BCUT2D eigenvalue weighted by Gasteiger charge is 2.07. The van der Waals surface area contributed by atoms with Crippen molar-refractivity contribution in [1.29, 1.82) is 0 Å². The Bertz CT molecular complexity index is 493. The van der Waals surface area contributed by atoms with Crippen molar-refractivity contribution >= 4 is 10.8 Å². The third-order valence-corrected chi connectivity index (χ3v) is 3.18. The fourth-order valence-electron chi connectivity index (χ4n) is 2.42. The van der Waals surface area contributed by atoms with Crippen molar-refractivity contribution in [3.8, 4) is 0 Å². The van der Waals surface area contributed by atoms with Gasteiger partial charge in [-0.05, 0) is 47.2 Å². The molecule has 15 heavy (non-hydrogen) atoms. The number of hydrogen-bond donors (Lipinski definition) is 0. The van der Waals surface area contributed by atoms with Crippen LogP contribution in [0.15, 0.2) is 30.3 Å². The first kappa shape index (κ1) is 10.2. The summed E-state index contributed by atoms with van der Waals surface area (Å²) < 4.78 is 0. The number of fused-ring (bicyclic) bond motifs is 1. The SMILES string of the molecule is Cc1cccc2ccc(C(C)C)c(C)c12. The van der Waals surface area contributed by atoms with Crippen LogP contribution < -0.4 is 0 Å². The van der Waals surface area contributed by atoms with E-state index < -0.39 is 0 Å². The maximum atomic E-state index is 2.27. The van der Waals surface area contributed by atoms with Gasteiger partial charge in [-0.3, -0.25) is 0 Å². The summed E-state index contributed by atoms with van der Waals surface area (Å²) in [6.07, 6.45) is 0. The van der Waals surface area contributed by atoms with Crippen LogP contribution >= 0.6 is 0 Å². The third kappa shape index (κ3) is 1.65. The maximum Gasteiger partial charge on any atom is -0.0123 e. The Morgan fingerprint density at radius 2 is 1.67 bits per heavy atom. The summed E-state index contributed by atoms with van der Waals surface area (Å²) in [5.41, 5.74) is 4.30. The molecule has 0 aliphatic rings. The van der Waals surface area contributed by atoms with Crippen molar-refractivity contribution in [2.75, 3.05) is 0 Å². The molecular formula is C15H18. The largest absolute Gasteiger partial charge is 0.0614 e. The summed E-state index contributed by atoms with van der Waals surface area (Å²) in [4.78, 5) is 0. The molecule has 2 aromatic rings. The minimum Gasteiger partial charge on any atom is -0.0614 e. The summed E-state index contributed by atoms with van der Waals surface area (Å²) in [6.45, 7) is 8.95. The van der Waals surface area contributed by atoms with E-state index >= 15 is 0 Å². The molecule has 0 unspecified atom stereocenters. The first-order valence-corrected chi connectivity index (χ1v) is 5.60. The van der Waals surface area contributed by atoms with Gasteiger partial charge in [0.25, 0.3) is 0 Å². The Hall–Kier alpha value is -1.30. The van der Waals surface area contributed by atoms with E-state index in [-0.39, 0.29) is 0 Å². The molecule has 0 N–H and O–H groups in total. The van der Waals surface area contributed by atoms with E-state index in [1.165, 1.54) is 27.5 Å². The molecule has 0 atom stereocenters. The summed E-state index contributed by atoms with van der Waals surface area (Å²) in [5.74, 6) is 0.606. The highest BCUT2D eigenvalue weighted by atomic mass is 14.1. The minimum absolute atomic E-state index is 0.606. The monoisotopic (exact) mass is 198 g/mol. The van der Waals surface area contributed by atoms with Crippen LogP contribution in [0.4, 0.5) is 0 Å². The third-order valence-electron chi connectivity index (χ3n) is 3.18. The zero-order valence-corrected chi connectivity index (χ0v) is 9.96. The zero-order chi connectivity index (χ0) is 11.0. The van der Waals surface area contributed by atoms with Crippen molar-refractivity contribution < 1.29 is 0 Å². The lowest BCUT2D eigenvalue weighted by molar-refractivity contribution is 0.859. The van der Waals surface area contributed by atoms with Crippen molar-refractivity contribution in [2.45, 2.75) is 33.6 Å². The van der Waals surface area contributed by atoms with Gasteiger partial charge < -0.3 is 0 Å². The quantitative estimate of drug-likeness (QED) is 0.629. The maximum absolute atomic E-state index is 2.27. The molecule has 0 spiro atoms. The lowest BCUT2D eigenvalue weighted by Gasteiger charge is -2.13. The molecule has 0 bridgehead atoms. The van der Waals surface area contributed by atoms with Gasteiger partial charge in [-0.15, -0.1) is 0 Å². The molecule has 2 aromatic carbocycles. The number of hydrogen-bond acceptors (Lipinski definition) is 0. The van der Waals surface area contributed by atoms with Crippen LogP contribution in [-0.4, -0.2) is 0 Å². The van der Waals surface area contributed by atoms with Gasteiger partial charge in [0.05, 0.1) is 0 Å². The van der Waals surface area contributed by atoms with Crippen molar-refractivity contribution in [3.63, 3.8) is 0 Å². The van der Waals surface area contributed by atoms with Gasteiger partial charge in [-0.25, -0.2) is 0 Å². The second-order valence-electron chi connectivity index (χ2n) is 4.61. The molecule has 0 amide bonds. The lowest BCUT2D eigenvalue weighted by Crippen LogP contribution is -1.94. The van der Waals surface area contributed by atoms with Crippen LogP contribution in [0.1, 0.15) is 36.5 Å². The Labute approximate surface area is 91.9 Å². The fourth-order valence-corrected chi connectivity index (χ4v) is 2.42. The van der Waals surface area contributed by atoms with Gasteiger partial charge >= 0.3 is 0 Å². The van der Waals surface area contributed by atoms with E-state index in [1.807, 2.05) is 0 Å². The smallest absolute Gasteiger partial charge is 0.0123 e. The van der Waals surface area contributed by atoms with Gasteiger partial charge in [0.15, 0.2) is 0 Å². The van der Waals surface area contributed by atoms with Crippen LogP contribution in [0.3, 0.4) is 0 Å². The average Bonchev–Trinajstić information content (AvgIpc) is 2.17. The molecule has 0 aromatic heterocycles. The number of benzene rings is 2. The highest BCUT2D eigenvalue weighted by molar-refractivity contribution is 5.89. The molecule has 0 heteroatoms. The molecule has 0 saturated heterocycles. The second kappa shape index (κ2) is 3.69. The van der Waals surface area contributed by atoms with Crippen LogP contribution in [0, 0.1) is 13.8 Å². The second-order valence-corrected chi connectivity index (χ2v) is 4.61. The van der Waals surface area contributed by atoms with Crippen molar-refractivity contribution in [1.82, 2.24) is 0 Å². The lowest BCUT2D eigenvalue weighted by atomic mass is 9.91. The molecule has 0 aliphatic heterocycles. The minimum atomic E-state index is 0.606. The first-order chi connectivity index (χ1) is 7.11. The van der Waals surface area contributed by atoms with E-state index in [9.17, 15) is 0 Å². The molecule has 0 aliphatic carbocycles. The molecule has 2 rings (SSSR count). The molecule has 0 saturated carbocycles. The predicted octanol–water partition coefficient (Wildman–Crippen LogP) is 4.58. The van der Waals surface area contributed by atoms with Gasteiger partial charge in [0, 0.05) is 0 Å². The summed E-state index contributed by atoms with van der Waals surface area (Å²) in [5, 5.41) is 2.79. The van der Waals surface area contributed by atoms with Crippen molar-refractivity contribution in [2.24, 2.45) is 0 Å². The van der Waals surface area contributed by atoms with E-state index in [2.05, 4.69) is 58.0 Å². The average molecular weight is 198 g/mol. The molecule has 0 radical (unpaired) electrons. The number of aryl methyl sites for hydroxylation is 2. The van der Waals surface area contributed by atoms with E-state index in [0.29, 0.717) is 5.92 Å². The molecule has 0 fully saturated rings. The first-order valence-electron chi connectivity index (χ1n) is 5.60.